The summed E-state index contributed by atoms with van der Waals surface area (Å²) in [4.78, 5) is 67.8. The number of ether oxygens (including phenoxy) is 1. The second-order valence-corrected chi connectivity index (χ2v) is 12.9. The molecule has 0 saturated carbocycles. The Morgan fingerprint density at radius 3 is 2.36 bits per heavy atom. The normalized spacial score (nSPS) is 19.0. The van der Waals surface area contributed by atoms with Gasteiger partial charge < -0.3 is 10.1 Å². The van der Waals surface area contributed by atoms with Crippen molar-refractivity contribution in [2.45, 2.75) is 29.7 Å². The molecule has 1 aromatic heterocycles. The minimum absolute atomic E-state index is 0.209. The summed E-state index contributed by atoms with van der Waals surface area (Å²) in [5.74, 6) is -3.59. The summed E-state index contributed by atoms with van der Waals surface area (Å²) >= 11 is 15.1. The number of thioether (sulfide) groups is 1. The van der Waals surface area contributed by atoms with Crippen molar-refractivity contribution in [1.82, 2.24) is 4.57 Å². The summed E-state index contributed by atoms with van der Waals surface area (Å²) in [7, 11) is 0. The van der Waals surface area contributed by atoms with Crippen LogP contribution >= 0.6 is 46.3 Å². The van der Waals surface area contributed by atoms with Gasteiger partial charge in [-0.25, -0.2) is 9.69 Å². The van der Waals surface area contributed by atoms with E-state index in [-0.39, 0.29) is 28.8 Å². The Hall–Kier alpha value is -3.90. The lowest BCUT2D eigenvalue weighted by Crippen LogP contribution is -2.33. The van der Waals surface area contributed by atoms with E-state index in [9.17, 15) is 24.0 Å². The van der Waals surface area contributed by atoms with Crippen LogP contribution in [0.4, 0.5) is 11.4 Å². The average Bonchev–Trinajstić information content (AvgIpc) is 3.45. The number of hydrogen-bond acceptors (Lipinski definition) is 8. The average molecular weight is 669 g/mol. The molecular formula is C31H23Cl2N3O6S2. The van der Waals surface area contributed by atoms with Gasteiger partial charge in [-0.05, 0) is 55.0 Å². The third-order valence-electron chi connectivity index (χ3n) is 7.36. The highest BCUT2D eigenvalue weighted by Crippen LogP contribution is 2.55. The number of esters is 1. The van der Waals surface area contributed by atoms with Crippen molar-refractivity contribution in [1.29, 1.82) is 0 Å². The van der Waals surface area contributed by atoms with Crippen molar-refractivity contribution in [2.75, 3.05) is 16.8 Å². The third-order valence-corrected chi connectivity index (χ3v) is 10.8. The van der Waals surface area contributed by atoms with E-state index in [2.05, 4.69) is 5.32 Å². The monoisotopic (exact) mass is 667 g/mol. The maximum Gasteiger partial charge on any atom is 0.338 e. The van der Waals surface area contributed by atoms with Gasteiger partial charge in [0.15, 0.2) is 0 Å². The van der Waals surface area contributed by atoms with E-state index in [1.165, 1.54) is 28.8 Å². The van der Waals surface area contributed by atoms with Gasteiger partial charge in [-0.3, -0.25) is 23.7 Å². The largest absolute Gasteiger partial charge is 0.462 e. The van der Waals surface area contributed by atoms with Gasteiger partial charge in [0.2, 0.25) is 17.7 Å². The summed E-state index contributed by atoms with van der Waals surface area (Å²) in [5, 5.41) is 2.76. The molecule has 3 aromatic carbocycles. The molecule has 1 saturated heterocycles. The maximum absolute atomic E-state index is 14.1. The van der Waals surface area contributed by atoms with Crippen molar-refractivity contribution < 1.29 is 23.9 Å². The number of fused-ring (bicyclic) bond motifs is 2. The molecule has 3 amide bonds. The van der Waals surface area contributed by atoms with Crippen molar-refractivity contribution in [3.8, 4) is 0 Å². The molecule has 1 N–H and O–H groups in total. The fraction of sp³-hybridized carbons (Fsp3) is 0.194. The molecule has 9 nitrogen and oxygen atoms in total. The fourth-order valence-corrected chi connectivity index (χ4v) is 8.62. The SMILES string of the molecule is CCOC(=O)c1ccc(N2C(=O)C3Sc4c(sc(=O)n4CC(=O)Nc4ccccc4)[C@H](c4cccc(Cl)c4Cl)C3C2=O)cc1. The number of amides is 3. The molecular weight excluding hydrogens is 645 g/mol. The third kappa shape index (κ3) is 5.34. The molecule has 0 radical (unpaired) electrons. The van der Waals surface area contributed by atoms with Gasteiger partial charge in [-0.15, -0.1) is 0 Å². The Balaban J connectivity index is 1.41. The number of aromatic nitrogens is 1. The van der Waals surface area contributed by atoms with Crippen LogP contribution in [0.5, 0.6) is 0 Å². The van der Waals surface area contributed by atoms with E-state index in [1.807, 2.05) is 6.07 Å². The first kappa shape index (κ1) is 30.1. The van der Waals surface area contributed by atoms with Gasteiger partial charge in [0.25, 0.3) is 0 Å². The highest BCUT2D eigenvalue weighted by molar-refractivity contribution is 8.00. The number of carbonyl (C=O) groups is 4. The molecule has 2 unspecified atom stereocenters. The number of nitrogens with one attached hydrogen (secondary N) is 1. The standard InChI is InChI=1S/C31H23Cl2N3O6S2/c1-2-42-30(40)16-11-13-18(14-12-16)36-27(38)23-22(19-9-6-10-20(32)24(19)33)26-29(43-25(23)28(36)39)35(31(41)44-26)15-21(37)34-17-7-4-3-5-8-17/h3-14,22-23,25H,2,15H2,1H3,(H,34,37)/t22-,23?,25?/m1/s1. The number of imide groups is 1. The zero-order valence-corrected chi connectivity index (χ0v) is 26.1. The summed E-state index contributed by atoms with van der Waals surface area (Å²) in [6.45, 7) is 1.62. The van der Waals surface area contributed by atoms with Crippen molar-refractivity contribution in [2.24, 2.45) is 5.92 Å². The second kappa shape index (κ2) is 12.2. The summed E-state index contributed by atoms with van der Waals surface area (Å²) in [6, 6.07) is 19.9. The predicted octanol–water partition coefficient (Wildman–Crippen LogP) is 5.83. The smallest absolute Gasteiger partial charge is 0.338 e. The van der Waals surface area contributed by atoms with E-state index in [0.29, 0.717) is 26.8 Å². The van der Waals surface area contributed by atoms with Crippen LogP contribution in [0.25, 0.3) is 0 Å². The quantitative estimate of drug-likeness (QED) is 0.195. The van der Waals surface area contributed by atoms with Crippen LogP contribution in [-0.2, 0) is 25.7 Å². The van der Waals surface area contributed by atoms with E-state index < -0.39 is 45.6 Å². The lowest BCUT2D eigenvalue weighted by atomic mass is 9.83. The number of para-hydroxylation sites is 1. The highest BCUT2D eigenvalue weighted by Gasteiger charge is 2.57. The molecule has 0 spiro atoms. The van der Waals surface area contributed by atoms with Crippen molar-refractivity contribution >= 4 is 81.4 Å². The predicted molar refractivity (Wildman–Crippen MR) is 170 cm³/mol. The van der Waals surface area contributed by atoms with E-state index in [1.54, 1.807) is 49.4 Å². The fourth-order valence-electron chi connectivity index (χ4n) is 5.43. The van der Waals surface area contributed by atoms with E-state index in [0.717, 1.165) is 28.0 Å². The molecule has 0 bridgehead atoms. The number of halogens is 2. The van der Waals surface area contributed by atoms with Crippen LogP contribution in [0.3, 0.4) is 0 Å². The molecule has 13 heteroatoms. The molecule has 4 aromatic rings. The molecule has 3 atom stereocenters. The number of anilines is 2. The maximum atomic E-state index is 14.1. The van der Waals surface area contributed by atoms with Gasteiger partial charge in [-0.1, -0.05) is 76.6 Å². The number of rotatable bonds is 7. The number of carbonyl (C=O) groups excluding carboxylic acids is 4. The second-order valence-electron chi connectivity index (χ2n) is 10.0. The zero-order valence-electron chi connectivity index (χ0n) is 23.0. The number of benzene rings is 3. The number of nitrogens with zero attached hydrogens (tertiary/aromatic N) is 2. The molecule has 2 aliphatic heterocycles. The summed E-state index contributed by atoms with van der Waals surface area (Å²) in [5.41, 5.74) is 1.65. The van der Waals surface area contributed by atoms with Gasteiger partial charge in [0, 0.05) is 16.5 Å². The Bertz CT molecular complexity index is 1860. The Kier molecular flexibility index (Phi) is 8.38. The van der Waals surface area contributed by atoms with Gasteiger partial charge in [0.1, 0.15) is 11.8 Å². The molecule has 44 heavy (non-hydrogen) atoms. The van der Waals surface area contributed by atoms with Crippen LogP contribution in [0, 0.1) is 5.92 Å². The number of thiazole rings is 1. The lowest BCUT2D eigenvalue weighted by Gasteiger charge is -2.31. The first-order valence-electron chi connectivity index (χ1n) is 13.5. The number of hydrogen-bond donors (Lipinski definition) is 1. The molecule has 0 aliphatic carbocycles. The molecule has 2 aliphatic rings. The summed E-state index contributed by atoms with van der Waals surface area (Å²) in [6.07, 6.45) is 0. The van der Waals surface area contributed by atoms with Crippen LogP contribution < -0.4 is 15.1 Å². The minimum Gasteiger partial charge on any atom is -0.462 e. The minimum atomic E-state index is -0.919. The zero-order chi connectivity index (χ0) is 31.1. The van der Waals surface area contributed by atoms with Gasteiger partial charge >= 0.3 is 10.8 Å². The molecule has 3 heterocycles. The first-order valence-corrected chi connectivity index (χ1v) is 16.0. The summed E-state index contributed by atoms with van der Waals surface area (Å²) < 4.78 is 6.37. The first-order chi connectivity index (χ1) is 21.2. The molecule has 1 fully saturated rings. The van der Waals surface area contributed by atoms with Crippen LogP contribution in [0.2, 0.25) is 10.0 Å². The lowest BCUT2D eigenvalue weighted by molar-refractivity contribution is -0.122. The van der Waals surface area contributed by atoms with Crippen molar-refractivity contribution in [3.63, 3.8) is 0 Å². The van der Waals surface area contributed by atoms with Crippen LogP contribution in [0.15, 0.2) is 82.6 Å². The van der Waals surface area contributed by atoms with E-state index >= 15 is 0 Å². The topological polar surface area (TPSA) is 115 Å². The highest BCUT2D eigenvalue weighted by atomic mass is 35.5. The Morgan fingerprint density at radius 1 is 0.932 bits per heavy atom. The van der Waals surface area contributed by atoms with Gasteiger partial charge in [0.05, 0.1) is 38.8 Å². The molecule has 224 valence electrons. The van der Waals surface area contributed by atoms with Crippen LogP contribution in [-0.4, -0.2) is 40.1 Å². The molecule has 6 rings (SSSR count). The van der Waals surface area contributed by atoms with E-state index in [4.69, 9.17) is 27.9 Å². The Labute approximate surface area is 269 Å². The van der Waals surface area contributed by atoms with Crippen molar-refractivity contribution in [3.05, 3.63) is 109 Å². The van der Waals surface area contributed by atoms with Crippen LogP contribution in [0.1, 0.15) is 33.6 Å². The Morgan fingerprint density at radius 2 is 1.66 bits per heavy atom. The van der Waals surface area contributed by atoms with Gasteiger partial charge in [-0.2, -0.15) is 0 Å².